The van der Waals surface area contributed by atoms with Crippen molar-refractivity contribution in [2.45, 2.75) is 6.61 Å². The number of ether oxygens (including phenoxy) is 1. The second-order valence-electron chi connectivity index (χ2n) is 5.06. The van der Waals surface area contributed by atoms with Gasteiger partial charge in [-0.2, -0.15) is 0 Å². The molecular formula is C21H18O. The van der Waals surface area contributed by atoms with E-state index in [0.29, 0.717) is 6.61 Å². The summed E-state index contributed by atoms with van der Waals surface area (Å²) in [5.74, 6) is 0.885. The van der Waals surface area contributed by atoms with Crippen molar-refractivity contribution in [3.8, 4) is 0 Å². The van der Waals surface area contributed by atoms with E-state index in [1.165, 1.54) is 0 Å². The van der Waals surface area contributed by atoms with Gasteiger partial charge < -0.3 is 4.74 Å². The van der Waals surface area contributed by atoms with Crippen molar-refractivity contribution in [2.24, 2.45) is 0 Å². The lowest BCUT2D eigenvalue weighted by molar-refractivity contribution is 0.266. The predicted octanol–water partition coefficient (Wildman–Crippen LogP) is 5.40. The first-order valence-corrected chi connectivity index (χ1v) is 7.41. The molecule has 0 aliphatic rings. The van der Waals surface area contributed by atoms with Crippen LogP contribution >= 0.6 is 0 Å². The third-order valence-electron chi connectivity index (χ3n) is 3.39. The summed E-state index contributed by atoms with van der Waals surface area (Å²) in [6.45, 7) is 0.564. The first kappa shape index (κ1) is 14.2. The SMILES string of the molecule is C(=C(OCc1ccccc1)c1ccccc1)c1ccccc1. The minimum Gasteiger partial charge on any atom is -0.488 e. The number of hydrogen-bond acceptors (Lipinski definition) is 1. The molecule has 0 bridgehead atoms. The molecule has 0 spiro atoms. The molecule has 0 unspecified atom stereocenters. The van der Waals surface area contributed by atoms with E-state index in [9.17, 15) is 0 Å². The Hall–Kier alpha value is -2.80. The third-order valence-corrected chi connectivity index (χ3v) is 3.39. The van der Waals surface area contributed by atoms with Crippen molar-refractivity contribution in [2.75, 3.05) is 0 Å². The molecule has 3 aromatic carbocycles. The van der Waals surface area contributed by atoms with Crippen molar-refractivity contribution >= 4 is 11.8 Å². The van der Waals surface area contributed by atoms with Crippen molar-refractivity contribution in [3.05, 3.63) is 108 Å². The molecule has 0 saturated heterocycles. The highest BCUT2D eigenvalue weighted by Gasteiger charge is 2.03. The maximum absolute atomic E-state index is 6.08. The Morgan fingerprint density at radius 1 is 0.682 bits per heavy atom. The first-order valence-electron chi connectivity index (χ1n) is 7.41. The molecule has 0 saturated carbocycles. The summed E-state index contributed by atoms with van der Waals surface area (Å²) in [7, 11) is 0. The Balaban J connectivity index is 1.85. The van der Waals surface area contributed by atoms with Crippen LogP contribution in [0.1, 0.15) is 16.7 Å². The van der Waals surface area contributed by atoms with Gasteiger partial charge in [0, 0.05) is 5.56 Å². The van der Waals surface area contributed by atoms with Crippen LogP contribution in [0.5, 0.6) is 0 Å². The van der Waals surface area contributed by atoms with Gasteiger partial charge in [0.25, 0.3) is 0 Å². The van der Waals surface area contributed by atoms with Crippen molar-refractivity contribution in [1.29, 1.82) is 0 Å². The largest absolute Gasteiger partial charge is 0.488 e. The topological polar surface area (TPSA) is 9.23 Å². The molecule has 0 aliphatic carbocycles. The zero-order chi connectivity index (χ0) is 15.0. The molecular weight excluding hydrogens is 268 g/mol. The summed E-state index contributed by atoms with van der Waals surface area (Å²) in [5, 5.41) is 0. The van der Waals surface area contributed by atoms with Gasteiger partial charge in [0.1, 0.15) is 12.4 Å². The van der Waals surface area contributed by atoms with Gasteiger partial charge in [0.15, 0.2) is 0 Å². The molecule has 0 N–H and O–H groups in total. The monoisotopic (exact) mass is 286 g/mol. The fraction of sp³-hybridized carbons (Fsp3) is 0.0476. The molecule has 3 rings (SSSR count). The number of benzene rings is 3. The van der Waals surface area contributed by atoms with E-state index in [1.54, 1.807) is 0 Å². The molecule has 108 valence electrons. The van der Waals surface area contributed by atoms with Crippen LogP contribution in [-0.2, 0) is 11.3 Å². The zero-order valence-corrected chi connectivity index (χ0v) is 12.4. The second kappa shape index (κ2) is 7.28. The van der Waals surface area contributed by atoms with Gasteiger partial charge in [0.05, 0.1) is 0 Å². The predicted molar refractivity (Wildman–Crippen MR) is 92.0 cm³/mol. The normalized spacial score (nSPS) is 11.2. The van der Waals surface area contributed by atoms with Gasteiger partial charge in [-0.25, -0.2) is 0 Å². The van der Waals surface area contributed by atoms with E-state index >= 15 is 0 Å². The molecule has 0 heterocycles. The van der Waals surface area contributed by atoms with Crippen LogP contribution in [-0.4, -0.2) is 0 Å². The van der Waals surface area contributed by atoms with Gasteiger partial charge in [-0.05, 0) is 17.2 Å². The summed E-state index contributed by atoms with van der Waals surface area (Å²) in [4.78, 5) is 0. The average Bonchev–Trinajstić information content (AvgIpc) is 2.61. The standard InChI is InChI=1S/C21H18O/c1-4-10-18(11-5-1)16-21(20-14-8-3-9-15-20)22-17-19-12-6-2-7-13-19/h1-16H,17H2. The number of hydrogen-bond donors (Lipinski definition) is 0. The smallest absolute Gasteiger partial charge is 0.127 e. The molecule has 0 amide bonds. The van der Waals surface area contributed by atoms with Crippen molar-refractivity contribution in [3.63, 3.8) is 0 Å². The Labute approximate surface area is 131 Å². The second-order valence-corrected chi connectivity index (χ2v) is 5.06. The van der Waals surface area contributed by atoms with E-state index in [2.05, 4.69) is 42.5 Å². The molecule has 22 heavy (non-hydrogen) atoms. The van der Waals surface area contributed by atoms with Crippen molar-refractivity contribution in [1.82, 2.24) is 0 Å². The number of rotatable bonds is 5. The fourth-order valence-electron chi connectivity index (χ4n) is 2.25. The van der Waals surface area contributed by atoms with E-state index in [1.807, 2.05) is 54.6 Å². The summed E-state index contributed by atoms with van der Waals surface area (Å²) < 4.78 is 6.08. The van der Waals surface area contributed by atoms with Crippen molar-refractivity contribution < 1.29 is 4.74 Å². The van der Waals surface area contributed by atoms with E-state index < -0.39 is 0 Å². The maximum atomic E-state index is 6.08. The third kappa shape index (κ3) is 3.86. The van der Waals surface area contributed by atoms with E-state index in [4.69, 9.17) is 4.74 Å². The van der Waals surface area contributed by atoms with E-state index in [-0.39, 0.29) is 0 Å². The van der Waals surface area contributed by atoms with Gasteiger partial charge in [-0.1, -0.05) is 91.0 Å². The average molecular weight is 286 g/mol. The summed E-state index contributed by atoms with van der Waals surface area (Å²) in [6, 6.07) is 30.7. The lowest BCUT2D eigenvalue weighted by atomic mass is 10.1. The quantitative estimate of drug-likeness (QED) is 0.450. The molecule has 0 aliphatic heterocycles. The minimum absolute atomic E-state index is 0.564. The summed E-state index contributed by atoms with van der Waals surface area (Å²) in [6.07, 6.45) is 2.08. The summed E-state index contributed by atoms with van der Waals surface area (Å²) in [5.41, 5.74) is 3.38. The van der Waals surface area contributed by atoms with Crippen LogP contribution in [0.15, 0.2) is 91.0 Å². The van der Waals surface area contributed by atoms with Gasteiger partial charge in [-0.3, -0.25) is 0 Å². The van der Waals surface area contributed by atoms with Gasteiger partial charge in [-0.15, -0.1) is 0 Å². The summed E-state index contributed by atoms with van der Waals surface area (Å²) >= 11 is 0. The van der Waals surface area contributed by atoms with Crippen LogP contribution in [0.4, 0.5) is 0 Å². The highest BCUT2D eigenvalue weighted by molar-refractivity contribution is 5.77. The maximum Gasteiger partial charge on any atom is 0.127 e. The Morgan fingerprint density at radius 3 is 1.86 bits per heavy atom. The highest BCUT2D eigenvalue weighted by atomic mass is 16.5. The lowest BCUT2D eigenvalue weighted by Crippen LogP contribution is -1.94. The van der Waals surface area contributed by atoms with Crippen LogP contribution in [0, 0.1) is 0 Å². The van der Waals surface area contributed by atoms with Crippen LogP contribution < -0.4 is 0 Å². The van der Waals surface area contributed by atoms with Gasteiger partial charge in [0.2, 0.25) is 0 Å². The fourth-order valence-corrected chi connectivity index (χ4v) is 2.25. The molecule has 0 radical (unpaired) electrons. The van der Waals surface area contributed by atoms with Gasteiger partial charge >= 0.3 is 0 Å². The molecule has 1 nitrogen and oxygen atoms in total. The highest BCUT2D eigenvalue weighted by Crippen LogP contribution is 2.21. The molecule has 0 atom stereocenters. The molecule has 1 heteroatoms. The Morgan fingerprint density at radius 2 is 1.23 bits per heavy atom. The molecule has 0 fully saturated rings. The van der Waals surface area contributed by atoms with Crippen LogP contribution in [0.2, 0.25) is 0 Å². The van der Waals surface area contributed by atoms with Crippen LogP contribution in [0.25, 0.3) is 11.8 Å². The Kier molecular flexibility index (Phi) is 4.68. The zero-order valence-electron chi connectivity index (χ0n) is 12.4. The van der Waals surface area contributed by atoms with Crippen LogP contribution in [0.3, 0.4) is 0 Å². The molecule has 0 aromatic heterocycles. The lowest BCUT2D eigenvalue weighted by Gasteiger charge is -2.11. The first-order chi connectivity index (χ1) is 10.9. The minimum atomic E-state index is 0.564. The van der Waals surface area contributed by atoms with E-state index in [0.717, 1.165) is 22.4 Å². The Bertz CT molecular complexity index is 716. The molecule has 3 aromatic rings.